The molecule has 1 aromatic rings. The SMILES string of the molecule is COc1ccc(CN2CC(C(=O)N3CCC4(CCNC4)CC3)CC2=O)cc1.Cl. The van der Waals surface area contributed by atoms with Crippen LogP contribution in [0.25, 0.3) is 0 Å². The molecule has 1 spiro atoms. The monoisotopic (exact) mass is 407 g/mol. The van der Waals surface area contributed by atoms with Crippen molar-refractivity contribution in [2.24, 2.45) is 11.3 Å². The Balaban J connectivity index is 0.00000225. The van der Waals surface area contributed by atoms with E-state index in [0.29, 0.717) is 24.9 Å². The molecule has 1 aromatic carbocycles. The first kappa shape index (κ1) is 20.9. The summed E-state index contributed by atoms with van der Waals surface area (Å²) >= 11 is 0. The normalized spacial score (nSPS) is 23.8. The molecule has 28 heavy (non-hydrogen) atoms. The summed E-state index contributed by atoms with van der Waals surface area (Å²) in [5, 5.41) is 3.46. The first-order valence-corrected chi connectivity index (χ1v) is 9.99. The lowest BCUT2D eigenvalue weighted by atomic mass is 9.77. The largest absolute Gasteiger partial charge is 0.497 e. The van der Waals surface area contributed by atoms with E-state index in [0.717, 1.165) is 50.3 Å². The van der Waals surface area contributed by atoms with Crippen LogP contribution in [0.4, 0.5) is 0 Å². The van der Waals surface area contributed by atoms with Crippen molar-refractivity contribution < 1.29 is 14.3 Å². The number of amides is 2. The van der Waals surface area contributed by atoms with Crippen molar-refractivity contribution in [3.63, 3.8) is 0 Å². The van der Waals surface area contributed by atoms with Crippen LogP contribution in [0.15, 0.2) is 24.3 Å². The molecule has 3 aliphatic heterocycles. The minimum Gasteiger partial charge on any atom is -0.497 e. The topological polar surface area (TPSA) is 61.9 Å². The number of methoxy groups -OCH3 is 1. The predicted octanol–water partition coefficient (Wildman–Crippen LogP) is 2.07. The molecule has 3 saturated heterocycles. The molecule has 6 nitrogen and oxygen atoms in total. The number of carbonyl (C=O) groups is 2. The minimum absolute atomic E-state index is 0. The zero-order valence-corrected chi connectivity index (χ0v) is 17.3. The molecular formula is C21H30ClN3O3. The molecule has 7 heteroatoms. The van der Waals surface area contributed by atoms with E-state index >= 15 is 0 Å². The molecule has 3 heterocycles. The van der Waals surface area contributed by atoms with Gasteiger partial charge in [0, 0.05) is 39.1 Å². The van der Waals surface area contributed by atoms with Crippen molar-refractivity contribution >= 4 is 24.2 Å². The van der Waals surface area contributed by atoms with Gasteiger partial charge in [0.1, 0.15) is 5.75 Å². The van der Waals surface area contributed by atoms with Crippen LogP contribution in [0, 0.1) is 11.3 Å². The summed E-state index contributed by atoms with van der Waals surface area (Å²) in [6, 6.07) is 7.75. The van der Waals surface area contributed by atoms with E-state index < -0.39 is 0 Å². The Bertz CT molecular complexity index is 693. The summed E-state index contributed by atoms with van der Waals surface area (Å²) in [6.07, 6.45) is 3.74. The number of benzene rings is 1. The number of nitrogens with one attached hydrogen (secondary N) is 1. The molecule has 3 fully saturated rings. The highest BCUT2D eigenvalue weighted by molar-refractivity contribution is 5.89. The molecule has 4 rings (SSSR count). The van der Waals surface area contributed by atoms with Crippen molar-refractivity contribution in [3.8, 4) is 5.75 Å². The van der Waals surface area contributed by atoms with Crippen LogP contribution in [0.1, 0.15) is 31.2 Å². The highest BCUT2D eigenvalue weighted by atomic mass is 35.5. The van der Waals surface area contributed by atoms with Crippen molar-refractivity contribution in [2.75, 3.05) is 39.8 Å². The molecule has 1 unspecified atom stereocenters. The molecule has 154 valence electrons. The van der Waals surface area contributed by atoms with Crippen LogP contribution >= 0.6 is 12.4 Å². The second kappa shape index (κ2) is 8.70. The van der Waals surface area contributed by atoms with Crippen molar-refractivity contribution in [1.29, 1.82) is 0 Å². The Labute approximate surface area is 173 Å². The van der Waals surface area contributed by atoms with Gasteiger partial charge in [0.15, 0.2) is 0 Å². The van der Waals surface area contributed by atoms with Gasteiger partial charge >= 0.3 is 0 Å². The van der Waals surface area contributed by atoms with E-state index in [4.69, 9.17) is 4.74 Å². The fourth-order valence-electron chi connectivity index (χ4n) is 4.72. The summed E-state index contributed by atoms with van der Waals surface area (Å²) in [5.74, 6) is 0.866. The Hall–Kier alpha value is -1.79. The smallest absolute Gasteiger partial charge is 0.227 e. The summed E-state index contributed by atoms with van der Waals surface area (Å²) in [4.78, 5) is 29.2. The Kier molecular flexibility index (Phi) is 6.50. The lowest BCUT2D eigenvalue weighted by Gasteiger charge is -2.39. The number of piperidine rings is 1. The maximum atomic E-state index is 12.9. The summed E-state index contributed by atoms with van der Waals surface area (Å²) in [6.45, 7) is 4.96. The van der Waals surface area contributed by atoms with Crippen molar-refractivity contribution in [2.45, 2.75) is 32.2 Å². The molecule has 1 atom stereocenters. The van der Waals surface area contributed by atoms with Gasteiger partial charge in [0.25, 0.3) is 0 Å². The lowest BCUT2D eigenvalue weighted by molar-refractivity contribution is -0.138. The molecular weight excluding hydrogens is 378 g/mol. The van der Waals surface area contributed by atoms with Crippen molar-refractivity contribution in [1.82, 2.24) is 15.1 Å². The average Bonchev–Trinajstić information content (AvgIpc) is 3.30. The van der Waals surface area contributed by atoms with Gasteiger partial charge in [-0.25, -0.2) is 0 Å². The molecule has 1 N–H and O–H groups in total. The Morgan fingerprint density at radius 2 is 1.93 bits per heavy atom. The average molecular weight is 408 g/mol. The lowest BCUT2D eigenvalue weighted by Crippen LogP contribution is -2.46. The second-order valence-electron chi connectivity index (χ2n) is 8.28. The van der Waals surface area contributed by atoms with E-state index in [-0.39, 0.29) is 30.1 Å². The van der Waals surface area contributed by atoms with E-state index in [1.807, 2.05) is 34.1 Å². The maximum Gasteiger partial charge on any atom is 0.227 e. The fourth-order valence-corrected chi connectivity index (χ4v) is 4.72. The van der Waals surface area contributed by atoms with Gasteiger partial charge in [-0.2, -0.15) is 0 Å². The van der Waals surface area contributed by atoms with Crippen LogP contribution in [0.5, 0.6) is 5.75 Å². The van der Waals surface area contributed by atoms with Gasteiger partial charge in [0.2, 0.25) is 11.8 Å². The van der Waals surface area contributed by atoms with Gasteiger partial charge in [-0.1, -0.05) is 12.1 Å². The first-order valence-electron chi connectivity index (χ1n) is 9.99. The highest BCUT2D eigenvalue weighted by Crippen LogP contribution is 2.37. The zero-order valence-electron chi connectivity index (χ0n) is 16.5. The van der Waals surface area contributed by atoms with Crippen LogP contribution < -0.4 is 10.1 Å². The number of halogens is 1. The number of hydrogen-bond acceptors (Lipinski definition) is 4. The predicted molar refractivity (Wildman–Crippen MR) is 109 cm³/mol. The Morgan fingerprint density at radius 3 is 2.54 bits per heavy atom. The van der Waals surface area contributed by atoms with Crippen LogP contribution in [0.3, 0.4) is 0 Å². The minimum atomic E-state index is -0.188. The number of hydrogen-bond donors (Lipinski definition) is 1. The number of rotatable bonds is 4. The van der Waals surface area contributed by atoms with Crippen LogP contribution in [-0.4, -0.2) is 61.4 Å². The zero-order chi connectivity index (χ0) is 18.9. The third-order valence-corrected chi connectivity index (χ3v) is 6.56. The van der Waals surface area contributed by atoms with Gasteiger partial charge in [-0.05, 0) is 48.9 Å². The second-order valence-corrected chi connectivity index (χ2v) is 8.28. The maximum absolute atomic E-state index is 12.9. The van der Waals surface area contributed by atoms with Gasteiger partial charge < -0.3 is 19.9 Å². The molecule has 0 radical (unpaired) electrons. The molecule has 2 amide bonds. The summed E-state index contributed by atoms with van der Waals surface area (Å²) in [7, 11) is 1.64. The number of likely N-dealkylation sites (tertiary alicyclic amines) is 2. The molecule has 0 saturated carbocycles. The Morgan fingerprint density at radius 1 is 1.21 bits per heavy atom. The summed E-state index contributed by atoms with van der Waals surface area (Å²) < 4.78 is 5.18. The number of carbonyl (C=O) groups excluding carboxylic acids is 2. The summed E-state index contributed by atoms with van der Waals surface area (Å²) in [5.41, 5.74) is 1.47. The molecule has 0 aromatic heterocycles. The van der Waals surface area contributed by atoms with Crippen LogP contribution in [-0.2, 0) is 16.1 Å². The van der Waals surface area contributed by atoms with Gasteiger partial charge in [0.05, 0.1) is 13.0 Å². The third kappa shape index (κ3) is 4.28. The number of ether oxygens (including phenoxy) is 1. The molecule has 0 aliphatic carbocycles. The van der Waals surface area contributed by atoms with E-state index in [1.165, 1.54) is 6.42 Å². The third-order valence-electron chi connectivity index (χ3n) is 6.56. The van der Waals surface area contributed by atoms with Crippen LogP contribution in [0.2, 0.25) is 0 Å². The van der Waals surface area contributed by atoms with Gasteiger partial charge in [-0.15, -0.1) is 12.4 Å². The quantitative estimate of drug-likeness (QED) is 0.830. The number of nitrogens with zero attached hydrogens (tertiary/aromatic N) is 2. The van der Waals surface area contributed by atoms with Crippen molar-refractivity contribution in [3.05, 3.63) is 29.8 Å². The van der Waals surface area contributed by atoms with E-state index in [1.54, 1.807) is 7.11 Å². The highest BCUT2D eigenvalue weighted by Gasteiger charge is 2.41. The molecule has 3 aliphatic rings. The van der Waals surface area contributed by atoms with Gasteiger partial charge in [-0.3, -0.25) is 9.59 Å². The fraction of sp³-hybridized carbons (Fsp3) is 0.619. The van der Waals surface area contributed by atoms with E-state index in [2.05, 4.69) is 5.32 Å². The molecule has 0 bridgehead atoms. The van der Waals surface area contributed by atoms with E-state index in [9.17, 15) is 9.59 Å². The standard InChI is InChI=1S/C21H29N3O3.ClH/c1-27-18-4-2-16(3-5-18)13-24-14-17(12-19(24)25)20(26)23-10-7-21(8-11-23)6-9-22-15-21;/h2-5,17,22H,6-15H2,1H3;1H. The first-order chi connectivity index (χ1) is 13.1.